The lowest BCUT2D eigenvalue weighted by molar-refractivity contribution is 0.0938. The van der Waals surface area contributed by atoms with E-state index < -0.39 is 6.04 Å². The Balaban J connectivity index is 2.05. The van der Waals surface area contributed by atoms with Gasteiger partial charge in [0, 0.05) is 29.8 Å². The van der Waals surface area contributed by atoms with Gasteiger partial charge in [0.1, 0.15) is 0 Å². The Morgan fingerprint density at radius 1 is 1.11 bits per heavy atom. The van der Waals surface area contributed by atoms with Gasteiger partial charge in [-0.15, -0.1) is 0 Å². The SMILES string of the molecule is CC(=O)n1cc(C)c2c1-c1c(Cl)cccc1N(C(=O)c1ccccc1)C2C#N. The third-order valence-corrected chi connectivity index (χ3v) is 5.28. The lowest BCUT2D eigenvalue weighted by atomic mass is 9.91. The number of hydrogen-bond acceptors (Lipinski definition) is 3. The number of hydrogen-bond donors (Lipinski definition) is 0. The minimum absolute atomic E-state index is 0.185. The normalized spacial score (nSPS) is 14.8. The first-order valence-electron chi connectivity index (χ1n) is 8.75. The summed E-state index contributed by atoms with van der Waals surface area (Å²) in [6, 6.07) is 15.4. The molecule has 6 heteroatoms. The quantitative estimate of drug-likeness (QED) is 0.588. The summed E-state index contributed by atoms with van der Waals surface area (Å²) in [5, 5.41) is 10.4. The van der Waals surface area contributed by atoms with Crippen LogP contribution in [0.5, 0.6) is 0 Å². The molecule has 1 atom stereocenters. The fraction of sp³-hybridized carbons (Fsp3) is 0.136. The highest BCUT2D eigenvalue weighted by Gasteiger charge is 2.40. The van der Waals surface area contributed by atoms with E-state index in [0.29, 0.717) is 33.1 Å². The zero-order chi connectivity index (χ0) is 20.0. The first-order valence-corrected chi connectivity index (χ1v) is 9.13. The number of nitrogens with zero attached hydrogens (tertiary/aromatic N) is 3. The van der Waals surface area contributed by atoms with Crippen LogP contribution in [-0.4, -0.2) is 16.4 Å². The predicted octanol–water partition coefficient (Wildman–Crippen LogP) is 5.00. The van der Waals surface area contributed by atoms with Crippen LogP contribution >= 0.6 is 11.6 Å². The molecular formula is C22H16ClN3O2. The number of aromatic nitrogens is 1. The number of amides is 1. The van der Waals surface area contributed by atoms with Gasteiger partial charge in [-0.3, -0.25) is 19.1 Å². The van der Waals surface area contributed by atoms with Gasteiger partial charge in [0.2, 0.25) is 5.91 Å². The lowest BCUT2D eigenvalue weighted by Crippen LogP contribution is -2.37. The molecule has 0 spiro atoms. The molecule has 0 N–H and O–H groups in total. The van der Waals surface area contributed by atoms with E-state index >= 15 is 0 Å². The molecule has 4 rings (SSSR count). The fourth-order valence-corrected chi connectivity index (χ4v) is 4.04. The minimum atomic E-state index is -0.866. The minimum Gasteiger partial charge on any atom is -0.287 e. The van der Waals surface area contributed by atoms with Crippen LogP contribution in [0.25, 0.3) is 11.3 Å². The third-order valence-electron chi connectivity index (χ3n) is 4.96. The number of benzene rings is 2. The summed E-state index contributed by atoms with van der Waals surface area (Å²) in [7, 11) is 0. The molecule has 5 nitrogen and oxygen atoms in total. The zero-order valence-corrected chi connectivity index (χ0v) is 16.1. The van der Waals surface area contributed by atoms with Crippen molar-refractivity contribution in [3.8, 4) is 17.3 Å². The lowest BCUT2D eigenvalue weighted by Gasteiger charge is -2.35. The second-order valence-electron chi connectivity index (χ2n) is 6.67. The second-order valence-corrected chi connectivity index (χ2v) is 7.08. The topological polar surface area (TPSA) is 66.1 Å². The Kier molecular flexibility index (Phi) is 4.29. The molecule has 138 valence electrons. The van der Waals surface area contributed by atoms with E-state index in [2.05, 4.69) is 6.07 Å². The summed E-state index contributed by atoms with van der Waals surface area (Å²) in [5.74, 6) is -0.481. The number of nitriles is 1. The molecule has 0 aliphatic carbocycles. The van der Waals surface area contributed by atoms with Gasteiger partial charge >= 0.3 is 0 Å². The number of fused-ring (bicyclic) bond motifs is 3. The van der Waals surface area contributed by atoms with Crippen molar-refractivity contribution in [1.29, 1.82) is 5.26 Å². The van der Waals surface area contributed by atoms with Crippen LogP contribution in [0.2, 0.25) is 5.02 Å². The largest absolute Gasteiger partial charge is 0.287 e. The maximum Gasteiger partial charge on any atom is 0.259 e. The summed E-state index contributed by atoms with van der Waals surface area (Å²) < 4.78 is 1.50. The highest BCUT2D eigenvalue weighted by Crippen LogP contribution is 2.49. The highest BCUT2D eigenvalue weighted by molar-refractivity contribution is 6.34. The number of carbonyl (C=O) groups excluding carboxylic acids is 2. The van der Waals surface area contributed by atoms with Gasteiger partial charge in [0.25, 0.3) is 5.91 Å². The molecule has 1 aliphatic heterocycles. The van der Waals surface area contributed by atoms with Crippen LogP contribution in [0.15, 0.2) is 54.7 Å². The Labute approximate surface area is 167 Å². The van der Waals surface area contributed by atoms with Crippen LogP contribution in [0, 0.1) is 18.3 Å². The Hall–Kier alpha value is -3.36. The maximum absolute atomic E-state index is 13.4. The van der Waals surface area contributed by atoms with Gasteiger partial charge in [0.15, 0.2) is 6.04 Å². The van der Waals surface area contributed by atoms with E-state index in [4.69, 9.17) is 11.6 Å². The van der Waals surface area contributed by atoms with Gasteiger partial charge in [-0.05, 0) is 36.8 Å². The third kappa shape index (κ3) is 2.54. The predicted molar refractivity (Wildman–Crippen MR) is 108 cm³/mol. The summed E-state index contributed by atoms with van der Waals surface area (Å²) in [5.41, 5.74) is 3.53. The molecule has 0 saturated carbocycles. The summed E-state index contributed by atoms with van der Waals surface area (Å²) in [6.45, 7) is 3.29. The van der Waals surface area contributed by atoms with Gasteiger partial charge in [0.05, 0.1) is 22.5 Å². The number of halogens is 1. The van der Waals surface area contributed by atoms with Crippen molar-refractivity contribution in [3.05, 3.63) is 76.4 Å². The number of rotatable bonds is 1. The van der Waals surface area contributed by atoms with Crippen molar-refractivity contribution in [2.45, 2.75) is 19.9 Å². The first-order chi connectivity index (χ1) is 13.5. The standard InChI is InChI=1S/C22H16ClN3O2/c1-13-12-25(14(2)27)21-19(13)18(11-24)26(17-10-6-9-16(23)20(17)21)22(28)15-7-4-3-5-8-15/h3-10,12,18H,1-2H3. The van der Waals surface area contributed by atoms with E-state index in [1.807, 2.05) is 13.0 Å². The molecule has 3 aromatic rings. The highest BCUT2D eigenvalue weighted by atomic mass is 35.5. The van der Waals surface area contributed by atoms with E-state index in [0.717, 1.165) is 5.56 Å². The summed E-state index contributed by atoms with van der Waals surface area (Å²) in [6.07, 6.45) is 1.70. The van der Waals surface area contributed by atoms with Crippen LogP contribution in [0.1, 0.15) is 39.2 Å². The van der Waals surface area contributed by atoms with Crippen LogP contribution in [-0.2, 0) is 0 Å². The van der Waals surface area contributed by atoms with Crippen molar-refractivity contribution in [2.75, 3.05) is 4.90 Å². The van der Waals surface area contributed by atoms with Crippen molar-refractivity contribution in [2.24, 2.45) is 0 Å². The molecule has 28 heavy (non-hydrogen) atoms. The van der Waals surface area contributed by atoms with Crippen molar-refractivity contribution < 1.29 is 9.59 Å². The van der Waals surface area contributed by atoms with Crippen molar-refractivity contribution in [3.63, 3.8) is 0 Å². The van der Waals surface area contributed by atoms with E-state index in [-0.39, 0.29) is 11.8 Å². The zero-order valence-electron chi connectivity index (χ0n) is 15.3. The fourth-order valence-electron chi connectivity index (χ4n) is 3.78. The van der Waals surface area contributed by atoms with Crippen LogP contribution in [0.3, 0.4) is 0 Å². The second kappa shape index (κ2) is 6.66. The smallest absolute Gasteiger partial charge is 0.259 e. The van der Waals surface area contributed by atoms with E-state index in [9.17, 15) is 14.9 Å². The Morgan fingerprint density at radius 2 is 1.82 bits per heavy atom. The van der Waals surface area contributed by atoms with Gasteiger partial charge < -0.3 is 0 Å². The molecule has 0 fully saturated rings. The molecule has 1 aromatic heterocycles. The van der Waals surface area contributed by atoms with Gasteiger partial charge in [-0.2, -0.15) is 5.26 Å². The molecule has 1 amide bonds. The summed E-state index contributed by atoms with van der Waals surface area (Å²) >= 11 is 6.52. The average molecular weight is 390 g/mol. The monoisotopic (exact) mass is 389 g/mol. The van der Waals surface area contributed by atoms with Crippen molar-refractivity contribution in [1.82, 2.24) is 4.57 Å². The molecule has 1 unspecified atom stereocenters. The molecular weight excluding hydrogens is 374 g/mol. The molecule has 0 bridgehead atoms. The van der Waals surface area contributed by atoms with Crippen molar-refractivity contribution >= 4 is 29.1 Å². The Morgan fingerprint density at radius 3 is 2.46 bits per heavy atom. The van der Waals surface area contributed by atoms with Crippen LogP contribution < -0.4 is 4.90 Å². The molecule has 2 aromatic carbocycles. The van der Waals surface area contributed by atoms with Gasteiger partial charge in [-0.25, -0.2) is 0 Å². The summed E-state index contributed by atoms with van der Waals surface area (Å²) in [4.78, 5) is 27.1. The molecule has 0 radical (unpaired) electrons. The molecule has 1 aliphatic rings. The average Bonchev–Trinajstić information content (AvgIpc) is 3.04. The molecule has 2 heterocycles. The van der Waals surface area contributed by atoms with E-state index in [1.54, 1.807) is 48.7 Å². The number of carbonyl (C=O) groups is 2. The van der Waals surface area contributed by atoms with Crippen LogP contribution in [0.4, 0.5) is 5.69 Å². The number of anilines is 1. The van der Waals surface area contributed by atoms with Gasteiger partial charge in [-0.1, -0.05) is 35.9 Å². The maximum atomic E-state index is 13.4. The van der Waals surface area contributed by atoms with E-state index in [1.165, 1.54) is 16.4 Å². The molecule has 0 saturated heterocycles. The Bertz CT molecular complexity index is 1160. The first kappa shape index (κ1) is 18.0. The number of aryl methyl sites for hydroxylation is 1.